The Balaban J connectivity index is 1.27. The highest BCUT2D eigenvalue weighted by atomic mass is 35.5. The maximum Gasteiger partial charge on any atom is 0.229 e. The molecular weight excluding hydrogens is 776 g/mol. The number of carbonyl (C=O) groups excluding carboxylic acids is 2. The fourth-order valence-corrected chi connectivity index (χ4v) is 7.46. The molecule has 2 heterocycles. The number of primary amides is 1. The minimum absolute atomic E-state index is 0.0720. The molecule has 4 N–H and O–H groups in total. The van der Waals surface area contributed by atoms with Crippen LogP contribution >= 0.6 is 11.6 Å². The van der Waals surface area contributed by atoms with E-state index in [4.69, 9.17) is 41.0 Å². The molecule has 3 aromatic rings. The summed E-state index contributed by atoms with van der Waals surface area (Å²) in [5.41, 5.74) is 8.31. The third kappa shape index (κ3) is 14.4. The van der Waals surface area contributed by atoms with Crippen LogP contribution in [0.15, 0.2) is 47.5 Å². The Labute approximate surface area is 341 Å². The van der Waals surface area contributed by atoms with E-state index < -0.39 is 21.0 Å². The van der Waals surface area contributed by atoms with Gasteiger partial charge < -0.3 is 45.0 Å². The summed E-state index contributed by atoms with van der Waals surface area (Å²) in [7, 11) is -3.58. The molecule has 2 aromatic carbocycles. The Hall–Kier alpha value is -4.06. The molecule has 15 nitrogen and oxygen atoms in total. The number of aromatic nitrogens is 2. The first kappa shape index (κ1) is 45.6. The van der Waals surface area contributed by atoms with Crippen molar-refractivity contribution in [3.05, 3.63) is 58.7 Å². The minimum Gasteiger partial charge on any atom is -0.489 e. The van der Waals surface area contributed by atoms with Crippen molar-refractivity contribution >= 4 is 56.4 Å². The zero-order chi connectivity index (χ0) is 41.4. The second kappa shape index (κ2) is 22.8. The van der Waals surface area contributed by atoms with Crippen LogP contribution in [0.2, 0.25) is 5.02 Å². The van der Waals surface area contributed by atoms with Crippen LogP contribution in [0.1, 0.15) is 70.4 Å². The number of amides is 2. The normalized spacial score (nSPS) is 13.6. The van der Waals surface area contributed by atoms with Gasteiger partial charge >= 0.3 is 0 Å². The van der Waals surface area contributed by atoms with Gasteiger partial charge in [-0.3, -0.25) is 9.59 Å². The number of ether oxygens (including phenoxy) is 5. The molecule has 1 aliphatic heterocycles. The highest BCUT2D eigenvalue weighted by Crippen LogP contribution is 2.38. The monoisotopic (exact) mass is 832 g/mol. The molecule has 4 rings (SSSR count). The van der Waals surface area contributed by atoms with Crippen molar-refractivity contribution < 1.29 is 41.7 Å². The topological polar surface area (TPSA) is 194 Å². The molecule has 314 valence electrons. The molecule has 0 saturated carbocycles. The van der Waals surface area contributed by atoms with Crippen LogP contribution in [0.25, 0.3) is 0 Å². The van der Waals surface area contributed by atoms with Gasteiger partial charge in [-0.15, -0.1) is 0 Å². The molecule has 2 amide bonds. The second-order valence-corrected chi connectivity index (χ2v) is 17.1. The number of halogens is 1. The summed E-state index contributed by atoms with van der Waals surface area (Å²) in [6.07, 6.45) is 3.49. The Morgan fingerprint density at radius 2 is 1.47 bits per heavy atom. The number of nitrogens with two attached hydrogens (primary N) is 1. The largest absolute Gasteiger partial charge is 0.489 e. The summed E-state index contributed by atoms with van der Waals surface area (Å²) in [5, 5.41) is 5.99. The lowest BCUT2D eigenvalue weighted by molar-refractivity contribution is -0.133. The number of nitrogens with one attached hydrogen (secondary N) is 2. The van der Waals surface area contributed by atoms with Gasteiger partial charge in [-0.2, -0.15) is 4.98 Å². The molecule has 0 aliphatic carbocycles. The van der Waals surface area contributed by atoms with Crippen LogP contribution in [0, 0.1) is 6.92 Å². The summed E-state index contributed by atoms with van der Waals surface area (Å²) in [5.74, 6) is 1.06. The van der Waals surface area contributed by atoms with Crippen LogP contribution in [0.5, 0.6) is 5.75 Å². The molecule has 1 saturated heterocycles. The standard InChI is InChI=1S/C40H57ClN6O9S/c1-27(2)56-35-25-31(30-10-14-47(15-11-30)38(49)13-17-53-19-21-55-23-22-54-20-18-52-16-12-37(42)48)29(5)24-34(35)45-40-43-26-32(41)39(46-40)44-33-8-6-7-9-36(33)57(50,51)28(3)4/h6-9,24-28,30H,10-23H2,1-5H3,(H2,42,48)(H2,43,44,45,46). The lowest BCUT2D eigenvalue weighted by atomic mass is 9.86. The Bertz CT molecular complexity index is 1870. The van der Waals surface area contributed by atoms with E-state index in [0.717, 1.165) is 24.0 Å². The zero-order valence-electron chi connectivity index (χ0n) is 33.6. The number of nitrogens with zero attached hydrogens (tertiary/aromatic N) is 3. The highest BCUT2D eigenvalue weighted by Gasteiger charge is 2.27. The van der Waals surface area contributed by atoms with Crippen molar-refractivity contribution in [3.8, 4) is 5.75 Å². The number of hydrogen-bond acceptors (Lipinski definition) is 13. The fourth-order valence-electron chi connectivity index (χ4n) is 6.12. The van der Waals surface area contributed by atoms with Crippen LogP contribution in [-0.4, -0.2) is 112 Å². The van der Waals surface area contributed by atoms with Crippen molar-refractivity contribution in [2.24, 2.45) is 5.73 Å². The number of carbonyl (C=O) groups is 2. The molecule has 0 bridgehead atoms. The van der Waals surface area contributed by atoms with Crippen LogP contribution in [-0.2, 0) is 38.4 Å². The molecule has 1 aliphatic rings. The summed E-state index contributed by atoms with van der Waals surface area (Å²) in [6.45, 7) is 13.6. The smallest absolute Gasteiger partial charge is 0.229 e. The lowest BCUT2D eigenvalue weighted by Crippen LogP contribution is -2.38. The Kier molecular flexibility index (Phi) is 18.2. The van der Waals surface area contributed by atoms with E-state index in [0.29, 0.717) is 82.9 Å². The van der Waals surface area contributed by atoms with Gasteiger partial charge in [-0.25, -0.2) is 13.4 Å². The summed E-state index contributed by atoms with van der Waals surface area (Å²) < 4.78 is 54.1. The number of rotatable bonds is 24. The van der Waals surface area contributed by atoms with Crippen molar-refractivity contribution in [1.82, 2.24) is 14.9 Å². The molecule has 17 heteroatoms. The van der Waals surface area contributed by atoms with Gasteiger partial charge in [0.05, 0.1) is 93.1 Å². The van der Waals surface area contributed by atoms with Crippen LogP contribution in [0.4, 0.5) is 23.1 Å². The van der Waals surface area contributed by atoms with Gasteiger partial charge in [0.1, 0.15) is 10.8 Å². The quantitative estimate of drug-likeness (QED) is 0.0900. The summed E-state index contributed by atoms with van der Waals surface area (Å²) >= 11 is 6.48. The first-order valence-corrected chi connectivity index (χ1v) is 21.3. The van der Waals surface area contributed by atoms with Gasteiger partial charge in [0.2, 0.25) is 17.8 Å². The van der Waals surface area contributed by atoms with Gasteiger partial charge in [0, 0.05) is 19.5 Å². The van der Waals surface area contributed by atoms with Crippen molar-refractivity contribution in [2.75, 3.05) is 76.6 Å². The Morgan fingerprint density at radius 3 is 2.07 bits per heavy atom. The highest BCUT2D eigenvalue weighted by molar-refractivity contribution is 7.92. The van der Waals surface area contributed by atoms with Crippen LogP contribution < -0.4 is 21.1 Å². The predicted octanol–water partition coefficient (Wildman–Crippen LogP) is 5.93. The number of sulfone groups is 1. The van der Waals surface area contributed by atoms with Gasteiger partial charge in [0.25, 0.3) is 0 Å². The maximum atomic E-state index is 13.0. The average Bonchev–Trinajstić information content (AvgIpc) is 3.17. The van der Waals surface area contributed by atoms with Gasteiger partial charge in [0.15, 0.2) is 15.7 Å². The number of benzene rings is 2. The number of aryl methyl sites for hydroxylation is 1. The second-order valence-electron chi connectivity index (χ2n) is 14.2. The molecule has 1 aromatic heterocycles. The van der Waals surface area contributed by atoms with E-state index in [2.05, 4.69) is 33.6 Å². The Morgan fingerprint density at radius 1 is 0.877 bits per heavy atom. The van der Waals surface area contributed by atoms with E-state index in [1.54, 1.807) is 38.1 Å². The maximum absolute atomic E-state index is 13.0. The number of hydrogen-bond donors (Lipinski definition) is 3. The summed E-state index contributed by atoms with van der Waals surface area (Å²) in [4.78, 5) is 34.7. The first-order chi connectivity index (χ1) is 27.3. The zero-order valence-corrected chi connectivity index (χ0v) is 35.1. The SMILES string of the molecule is Cc1cc(Nc2ncc(Cl)c(Nc3ccccc3S(=O)(=O)C(C)C)n2)c(OC(C)C)cc1C1CCN(C(=O)CCOCCOCCOCCOCCC(N)=O)CC1. The number of piperidine rings is 1. The van der Waals surface area contributed by atoms with Crippen molar-refractivity contribution in [2.45, 2.75) is 82.5 Å². The minimum atomic E-state index is -3.58. The average molecular weight is 833 g/mol. The van der Waals surface area contributed by atoms with E-state index in [9.17, 15) is 18.0 Å². The number of anilines is 4. The molecule has 0 unspecified atom stereocenters. The van der Waals surface area contributed by atoms with E-state index in [-0.39, 0.29) is 52.6 Å². The van der Waals surface area contributed by atoms with Gasteiger partial charge in [-0.05, 0) is 88.8 Å². The molecular formula is C40H57ClN6O9S. The molecule has 0 spiro atoms. The summed E-state index contributed by atoms with van der Waals surface area (Å²) in [6, 6.07) is 10.7. The van der Waals surface area contributed by atoms with Gasteiger partial charge in [-0.1, -0.05) is 23.7 Å². The van der Waals surface area contributed by atoms with E-state index in [1.807, 2.05) is 24.8 Å². The third-order valence-corrected chi connectivity index (χ3v) is 11.6. The third-order valence-electron chi connectivity index (χ3n) is 9.15. The number of para-hydroxylation sites is 1. The fraction of sp³-hybridized carbons (Fsp3) is 0.550. The predicted molar refractivity (Wildman–Crippen MR) is 220 cm³/mol. The molecule has 57 heavy (non-hydrogen) atoms. The van der Waals surface area contributed by atoms with Crippen molar-refractivity contribution in [3.63, 3.8) is 0 Å². The molecule has 0 atom stereocenters. The lowest BCUT2D eigenvalue weighted by Gasteiger charge is -2.33. The number of likely N-dealkylation sites (tertiary alicyclic amines) is 1. The first-order valence-electron chi connectivity index (χ1n) is 19.3. The van der Waals surface area contributed by atoms with Crippen molar-refractivity contribution in [1.29, 1.82) is 0 Å². The van der Waals surface area contributed by atoms with E-state index in [1.165, 1.54) is 6.20 Å². The molecule has 1 fully saturated rings. The van der Waals surface area contributed by atoms with E-state index >= 15 is 0 Å². The van der Waals surface area contributed by atoms with Crippen LogP contribution in [0.3, 0.4) is 0 Å². The molecule has 0 radical (unpaired) electrons.